The Balaban J connectivity index is 1.63. The van der Waals surface area contributed by atoms with Crippen LogP contribution >= 0.6 is 0 Å². The number of hydrogen-bond donors (Lipinski definition) is 3. The summed E-state index contributed by atoms with van der Waals surface area (Å²) in [5.41, 5.74) is 0.319. The Labute approximate surface area is 158 Å². The van der Waals surface area contributed by atoms with Crippen molar-refractivity contribution in [3.63, 3.8) is 0 Å². The number of aliphatic hydroxyl groups excluding tert-OH is 2. The summed E-state index contributed by atoms with van der Waals surface area (Å²) in [5, 5.41) is 28.1. The van der Waals surface area contributed by atoms with E-state index < -0.39 is 35.8 Å². The van der Waals surface area contributed by atoms with E-state index in [4.69, 9.17) is 4.74 Å². The first-order valence-corrected chi connectivity index (χ1v) is 8.76. The fourth-order valence-electron chi connectivity index (χ4n) is 3.18. The summed E-state index contributed by atoms with van der Waals surface area (Å²) >= 11 is 0. The Hall–Kier alpha value is -3.08. The molecular formula is C18H19N5O5. The second kappa shape index (κ2) is 7.15. The van der Waals surface area contributed by atoms with Crippen LogP contribution in [0.25, 0.3) is 5.69 Å². The molecule has 0 saturated carbocycles. The zero-order valence-electron chi connectivity index (χ0n) is 15.0. The zero-order valence-corrected chi connectivity index (χ0v) is 15.0. The van der Waals surface area contributed by atoms with Crippen LogP contribution in [-0.2, 0) is 11.2 Å². The lowest BCUT2D eigenvalue weighted by molar-refractivity contribution is -0.0352. The molecule has 2 aromatic heterocycles. The van der Waals surface area contributed by atoms with Gasteiger partial charge in [0.2, 0.25) is 0 Å². The van der Waals surface area contributed by atoms with Gasteiger partial charge < -0.3 is 14.9 Å². The van der Waals surface area contributed by atoms with Gasteiger partial charge in [-0.05, 0) is 19.1 Å². The topological polar surface area (TPSA) is 135 Å². The number of rotatable bonds is 4. The van der Waals surface area contributed by atoms with Crippen molar-refractivity contribution in [1.29, 1.82) is 0 Å². The lowest BCUT2D eigenvalue weighted by Gasteiger charge is -2.17. The molecule has 1 fully saturated rings. The van der Waals surface area contributed by atoms with Gasteiger partial charge in [0.1, 0.15) is 12.2 Å². The molecule has 28 heavy (non-hydrogen) atoms. The molecular weight excluding hydrogens is 366 g/mol. The van der Waals surface area contributed by atoms with E-state index in [0.29, 0.717) is 5.69 Å². The summed E-state index contributed by atoms with van der Waals surface area (Å²) in [6.45, 7) is 1.59. The van der Waals surface area contributed by atoms with Crippen molar-refractivity contribution in [2.75, 3.05) is 0 Å². The molecule has 1 saturated heterocycles. The smallest absolute Gasteiger partial charge is 0.330 e. The summed E-state index contributed by atoms with van der Waals surface area (Å²) in [4.78, 5) is 26.6. The Morgan fingerprint density at radius 2 is 1.89 bits per heavy atom. The van der Waals surface area contributed by atoms with Crippen LogP contribution in [-0.4, -0.2) is 53.1 Å². The molecule has 0 spiro atoms. The van der Waals surface area contributed by atoms with E-state index >= 15 is 0 Å². The van der Waals surface area contributed by atoms with Crippen LogP contribution in [0.3, 0.4) is 0 Å². The maximum Gasteiger partial charge on any atom is 0.330 e. The van der Waals surface area contributed by atoms with E-state index in [-0.39, 0.29) is 12.0 Å². The van der Waals surface area contributed by atoms with Gasteiger partial charge in [0.05, 0.1) is 23.7 Å². The second-order valence-electron chi connectivity index (χ2n) is 6.70. The minimum absolute atomic E-state index is 0.128. The molecule has 3 aromatic rings. The van der Waals surface area contributed by atoms with Crippen LogP contribution in [0.2, 0.25) is 0 Å². The fourth-order valence-corrected chi connectivity index (χ4v) is 3.18. The highest BCUT2D eigenvalue weighted by atomic mass is 16.6. The first kappa shape index (κ1) is 18.3. The molecule has 0 radical (unpaired) electrons. The summed E-state index contributed by atoms with van der Waals surface area (Å²) in [5.74, 6) is 0. The number of aromatic amines is 1. The first-order valence-electron chi connectivity index (χ1n) is 8.76. The molecule has 146 valence electrons. The van der Waals surface area contributed by atoms with Gasteiger partial charge >= 0.3 is 5.69 Å². The van der Waals surface area contributed by atoms with Crippen molar-refractivity contribution >= 4 is 0 Å². The predicted molar refractivity (Wildman–Crippen MR) is 97.1 cm³/mol. The van der Waals surface area contributed by atoms with Gasteiger partial charge in [0.25, 0.3) is 5.56 Å². The lowest BCUT2D eigenvalue weighted by atomic mass is 10.1. The molecule has 3 N–H and O–H groups in total. The van der Waals surface area contributed by atoms with Crippen LogP contribution in [0.5, 0.6) is 0 Å². The Morgan fingerprint density at radius 1 is 1.14 bits per heavy atom. The fraction of sp³-hybridized carbons (Fsp3) is 0.333. The monoisotopic (exact) mass is 385 g/mol. The molecule has 0 amide bonds. The largest absolute Gasteiger partial charge is 0.388 e. The lowest BCUT2D eigenvalue weighted by Crippen LogP contribution is -2.38. The highest BCUT2D eigenvalue weighted by Gasteiger charge is 2.41. The van der Waals surface area contributed by atoms with E-state index in [1.807, 2.05) is 30.3 Å². The van der Waals surface area contributed by atoms with Gasteiger partial charge in [-0.15, -0.1) is 5.10 Å². The van der Waals surface area contributed by atoms with Gasteiger partial charge in [-0.1, -0.05) is 23.4 Å². The summed E-state index contributed by atoms with van der Waals surface area (Å²) in [6, 6.07) is 9.38. The van der Waals surface area contributed by atoms with Crippen molar-refractivity contribution in [3.05, 3.63) is 74.8 Å². The van der Waals surface area contributed by atoms with E-state index in [0.717, 1.165) is 10.3 Å². The number of ether oxygens (including phenoxy) is 1. The predicted octanol–water partition coefficient (Wildman–Crippen LogP) is -0.653. The van der Waals surface area contributed by atoms with Crippen LogP contribution in [0.4, 0.5) is 0 Å². The third-order valence-corrected chi connectivity index (χ3v) is 4.73. The minimum Gasteiger partial charge on any atom is -0.388 e. The molecule has 0 bridgehead atoms. The number of aliphatic hydroxyl groups is 2. The molecule has 3 heterocycles. The molecule has 10 nitrogen and oxygen atoms in total. The van der Waals surface area contributed by atoms with Crippen molar-refractivity contribution in [2.45, 2.75) is 37.9 Å². The SMILES string of the molecule is C[C@H]1O[C@@H](n2cc(Cc3cn(-c4ccccc4)nn3)c(=O)[nH]c2=O)[C@@H](O)C1O. The van der Waals surface area contributed by atoms with E-state index in [1.165, 1.54) is 6.20 Å². The van der Waals surface area contributed by atoms with Gasteiger partial charge in [-0.25, -0.2) is 9.48 Å². The quantitative estimate of drug-likeness (QED) is 0.543. The Bertz CT molecular complexity index is 1090. The number of H-pyrrole nitrogens is 1. The third kappa shape index (κ3) is 3.28. The van der Waals surface area contributed by atoms with Crippen LogP contribution < -0.4 is 11.2 Å². The van der Waals surface area contributed by atoms with Crippen LogP contribution in [0.1, 0.15) is 24.4 Å². The number of hydrogen-bond acceptors (Lipinski definition) is 7. The highest BCUT2D eigenvalue weighted by Crippen LogP contribution is 2.27. The Kier molecular flexibility index (Phi) is 4.67. The van der Waals surface area contributed by atoms with E-state index in [1.54, 1.807) is 17.8 Å². The van der Waals surface area contributed by atoms with E-state index in [9.17, 15) is 19.8 Å². The Morgan fingerprint density at radius 3 is 2.57 bits per heavy atom. The molecule has 1 aromatic carbocycles. The van der Waals surface area contributed by atoms with Crippen molar-refractivity contribution < 1.29 is 14.9 Å². The van der Waals surface area contributed by atoms with Crippen LogP contribution in [0, 0.1) is 0 Å². The van der Waals surface area contributed by atoms with Gasteiger partial charge in [-0.2, -0.15) is 0 Å². The molecule has 4 rings (SSSR count). The minimum atomic E-state index is -1.29. The molecule has 0 aliphatic carbocycles. The number of benzene rings is 1. The summed E-state index contributed by atoms with van der Waals surface area (Å²) < 4.78 is 8.13. The number of nitrogens with zero attached hydrogens (tertiary/aromatic N) is 4. The summed E-state index contributed by atoms with van der Waals surface area (Å²) in [6.07, 6.45) is -1.01. The second-order valence-corrected chi connectivity index (χ2v) is 6.70. The number of nitrogens with one attached hydrogen (secondary N) is 1. The van der Waals surface area contributed by atoms with Crippen molar-refractivity contribution in [2.24, 2.45) is 0 Å². The van der Waals surface area contributed by atoms with Crippen LogP contribution in [0.15, 0.2) is 52.3 Å². The zero-order chi connectivity index (χ0) is 19.8. The number of para-hydroxylation sites is 1. The molecule has 4 atom stereocenters. The van der Waals surface area contributed by atoms with Gasteiger partial charge in [-0.3, -0.25) is 14.3 Å². The standard InChI is InChI=1S/C18H19N5O5/c1-10-14(24)15(25)17(28-10)22-8-11(16(26)19-18(22)27)7-12-9-23(21-20-12)13-5-3-2-4-6-13/h2-6,8-10,14-15,17,24-25H,7H2,1H3,(H,19,26,27)/t10-,14?,15+,17-/m1/s1. The molecule has 1 aliphatic heterocycles. The third-order valence-electron chi connectivity index (χ3n) is 4.73. The summed E-state index contributed by atoms with van der Waals surface area (Å²) in [7, 11) is 0. The molecule has 10 heteroatoms. The average molecular weight is 385 g/mol. The first-order chi connectivity index (χ1) is 13.4. The average Bonchev–Trinajstić information content (AvgIpc) is 3.25. The molecule has 1 aliphatic rings. The van der Waals surface area contributed by atoms with Gasteiger partial charge in [0.15, 0.2) is 6.23 Å². The highest BCUT2D eigenvalue weighted by molar-refractivity contribution is 5.30. The number of aromatic nitrogens is 5. The van der Waals surface area contributed by atoms with Crippen molar-refractivity contribution in [1.82, 2.24) is 24.5 Å². The molecule has 1 unspecified atom stereocenters. The maximum atomic E-state index is 12.2. The maximum absolute atomic E-state index is 12.2. The van der Waals surface area contributed by atoms with Gasteiger partial charge in [0, 0.05) is 18.2 Å². The van der Waals surface area contributed by atoms with E-state index in [2.05, 4.69) is 15.3 Å². The normalized spacial score (nSPS) is 24.5. The van der Waals surface area contributed by atoms with Crippen molar-refractivity contribution in [3.8, 4) is 5.69 Å².